The molecule has 1 fully saturated rings. The highest BCUT2D eigenvalue weighted by Crippen LogP contribution is 2.03. The molecule has 46 valence electrons. The second-order valence-electron chi connectivity index (χ2n) is 1.58. The Morgan fingerprint density at radius 3 is 1.75 bits per heavy atom. The predicted octanol–water partition coefficient (Wildman–Crippen LogP) is -0.299. The molecule has 1 heterocycles. The van der Waals surface area contributed by atoms with E-state index >= 15 is 0 Å². The van der Waals surface area contributed by atoms with Crippen molar-refractivity contribution in [2.45, 2.75) is 6.92 Å². The van der Waals surface area contributed by atoms with Crippen LogP contribution in [-0.2, 0) is 9.59 Å². The van der Waals surface area contributed by atoms with Gasteiger partial charge >= 0.3 is 0 Å². The molecule has 1 N–H and O–H groups in total. The highest BCUT2D eigenvalue weighted by atomic mass is 35.5. The third kappa shape index (κ3) is 0.816. The Morgan fingerprint density at radius 2 is 1.75 bits per heavy atom. The number of rotatable bonds is 0. The molecule has 4 heteroatoms. The van der Waals surface area contributed by atoms with Crippen molar-refractivity contribution in [3.63, 3.8) is 0 Å². The van der Waals surface area contributed by atoms with Gasteiger partial charge in [-0.05, 0) is 6.92 Å². The van der Waals surface area contributed by atoms with Crippen LogP contribution in [0.5, 0.6) is 0 Å². The molecule has 0 atom stereocenters. The van der Waals surface area contributed by atoms with Gasteiger partial charge in [0.1, 0.15) is 5.92 Å². The first-order valence-electron chi connectivity index (χ1n) is 2.06. The average Bonchev–Trinajstić information content (AvgIpc) is 1.68. The van der Waals surface area contributed by atoms with Crippen LogP contribution in [0.25, 0.3) is 0 Å². The summed E-state index contributed by atoms with van der Waals surface area (Å²) in [7, 11) is 0. The van der Waals surface area contributed by atoms with Gasteiger partial charge in [-0.1, -0.05) is 0 Å². The van der Waals surface area contributed by atoms with E-state index in [1.807, 2.05) is 0 Å². The first-order valence-corrected chi connectivity index (χ1v) is 2.06. The Kier molecular flexibility index (Phi) is 1.98. The maximum Gasteiger partial charge on any atom is 0.238 e. The maximum atomic E-state index is 10.1. The van der Waals surface area contributed by atoms with E-state index in [9.17, 15) is 9.59 Å². The van der Waals surface area contributed by atoms with Gasteiger partial charge in [-0.15, -0.1) is 12.4 Å². The average molecular weight is 136 g/mol. The number of carbonyl (C=O) groups excluding carboxylic acids is 2. The van der Waals surface area contributed by atoms with E-state index < -0.39 is 0 Å². The fourth-order valence-electron chi connectivity index (χ4n) is 0.379. The van der Waals surface area contributed by atoms with E-state index in [1.54, 1.807) is 6.92 Å². The first-order chi connectivity index (χ1) is 3.22. The SMILES string of the molecule is CC1C(=O)NC1=O.Cl. The van der Waals surface area contributed by atoms with Crippen LogP contribution in [0.1, 0.15) is 6.92 Å². The number of halogens is 1. The van der Waals surface area contributed by atoms with E-state index in [0.29, 0.717) is 0 Å². The van der Waals surface area contributed by atoms with Gasteiger partial charge in [0.15, 0.2) is 0 Å². The third-order valence-electron chi connectivity index (χ3n) is 1.03. The van der Waals surface area contributed by atoms with Gasteiger partial charge in [0.2, 0.25) is 11.8 Å². The minimum absolute atomic E-state index is 0. The molecule has 1 aliphatic heterocycles. The Hall–Kier alpha value is -0.570. The fraction of sp³-hybridized carbons (Fsp3) is 0.500. The molecule has 1 rings (SSSR count). The molecule has 3 nitrogen and oxygen atoms in total. The smallest absolute Gasteiger partial charge is 0.238 e. The Labute approximate surface area is 52.9 Å². The molecule has 0 saturated carbocycles. The van der Waals surface area contributed by atoms with Crippen LogP contribution >= 0.6 is 12.4 Å². The number of carbonyl (C=O) groups is 2. The fourth-order valence-corrected chi connectivity index (χ4v) is 0.379. The zero-order chi connectivity index (χ0) is 5.44. The molecule has 0 aromatic carbocycles. The van der Waals surface area contributed by atoms with Crippen molar-refractivity contribution in [1.82, 2.24) is 5.32 Å². The van der Waals surface area contributed by atoms with Crippen molar-refractivity contribution >= 4 is 24.2 Å². The van der Waals surface area contributed by atoms with Gasteiger partial charge in [0.25, 0.3) is 0 Å². The van der Waals surface area contributed by atoms with Crippen molar-refractivity contribution in [2.75, 3.05) is 0 Å². The third-order valence-corrected chi connectivity index (χ3v) is 1.03. The molecule has 0 unspecified atom stereocenters. The summed E-state index contributed by atoms with van der Waals surface area (Å²) < 4.78 is 0. The summed E-state index contributed by atoms with van der Waals surface area (Å²) in [5.74, 6) is -0.713. The minimum atomic E-state index is -0.389. The van der Waals surface area contributed by atoms with Crippen molar-refractivity contribution in [1.29, 1.82) is 0 Å². The summed E-state index contributed by atoms with van der Waals surface area (Å²) in [5, 5.41) is 2.08. The summed E-state index contributed by atoms with van der Waals surface area (Å²) in [6.07, 6.45) is 0. The molecule has 0 aliphatic carbocycles. The normalized spacial score (nSPS) is 18.6. The molecule has 1 saturated heterocycles. The van der Waals surface area contributed by atoms with Crippen LogP contribution in [0.4, 0.5) is 0 Å². The Bertz CT molecular complexity index is 120. The largest absolute Gasteiger partial charge is 0.295 e. The maximum absolute atomic E-state index is 10.1. The lowest BCUT2D eigenvalue weighted by atomic mass is 10.0. The summed E-state index contributed by atoms with van der Waals surface area (Å²) in [6, 6.07) is 0. The van der Waals surface area contributed by atoms with E-state index in [4.69, 9.17) is 0 Å². The van der Waals surface area contributed by atoms with Crippen molar-refractivity contribution in [3.05, 3.63) is 0 Å². The summed E-state index contributed by atoms with van der Waals surface area (Å²) in [4.78, 5) is 20.2. The van der Waals surface area contributed by atoms with Crippen molar-refractivity contribution in [2.24, 2.45) is 5.92 Å². The summed E-state index contributed by atoms with van der Waals surface area (Å²) in [6.45, 7) is 1.58. The van der Waals surface area contributed by atoms with E-state index in [1.165, 1.54) is 0 Å². The van der Waals surface area contributed by atoms with Gasteiger partial charge < -0.3 is 0 Å². The molecule has 0 bridgehead atoms. The minimum Gasteiger partial charge on any atom is -0.295 e. The first kappa shape index (κ1) is 7.43. The van der Waals surface area contributed by atoms with Gasteiger partial charge in [0, 0.05) is 0 Å². The Morgan fingerprint density at radius 1 is 1.38 bits per heavy atom. The van der Waals surface area contributed by atoms with Crippen molar-refractivity contribution in [3.8, 4) is 0 Å². The van der Waals surface area contributed by atoms with Crippen LogP contribution in [0.2, 0.25) is 0 Å². The topological polar surface area (TPSA) is 46.2 Å². The lowest BCUT2D eigenvalue weighted by Gasteiger charge is -2.18. The van der Waals surface area contributed by atoms with E-state index in [-0.39, 0.29) is 30.1 Å². The molecule has 8 heavy (non-hydrogen) atoms. The predicted molar refractivity (Wildman–Crippen MR) is 29.6 cm³/mol. The molecule has 0 aromatic rings. The van der Waals surface area contributed by atoms with Crippen LogP contribution in [-0.4, -0.2) is 11.8 Å². The summed E-state index contributed by atoms with van der Waals surface area (Å²) in [5.41, 5.74) is 0. The molecular formula is C4H6ClNO2. The number of β-lactam (4-membered cyclic amide) rings is 2. The number of amides is 2. The summed E-state index contributed by atoms with van der Waals surface area (Å²) >= 11 is 0. The van der Waals surface area contributed by atoms with Gasteiger partial charge in [-0.3, -0.25) is 14.9 Å². The van der Waals surface area contributed by atoms with Gasteiger partial charge in [0.05, 0.1) is 0 Å². The number of hydrogen-bond acceptors (Lipinski definition) is 2. The quantitative estimate of drug-likeness (QED) is 0.366. The van der Waals surface area contributed by atoms with Gasteiger partial charge in [-0.25, -0.2) is 0 Å². The zero-order valence-corrected chi connectivity index (χ0v) is 5.12. The molecular weight excluding hydrogens is 130 g/mol. The Balaban J connectivity index is 0.000000490. The standard InChI is InChI=1S/C4H5NO2.ClH/c1-2-3(6)5-4(2)7;/h2H,1H3,(H,5,6,7);1H. The highest BCUT2D eigenvalue weighted by Gasteiger charge is 2.32. The van der Waals surface area contributed by atoms with Crippen molar-refractivity contribution < 1.29 is 9.59 Å². The number of hydrogen-bond donors (Lipinski definition) is 1. The highest BCUT2D eigenvalue weighted by molar-refractivity contribution is 6.17. The van der Waals surface area contributed by atoms with E-state index in [0.717, 1.165) is 0 Å². The molecule has 2 amide bonds. The second kappa shape index (κ2) is 2.13. The van der Waals surface area contributed by atoms with Gasteiger partial charge in [-0.2, -0.15) is 0 Å². The number of nitrogens with one attached hydrogen (secondary N) is 1. The number of imide groups is 1. The second-order valence-corrected chi connectivity index (χ2v) is 1.58. The lowest BCUT2D eigenvalue weighted by molar-refractivity contribution is -0.147. The molecule has 1 aliphatic rings. The van der Waals surface area contributed by atoms with Crippen LogP contribution in [0, 0.1) is 5.92 Å². The molecule has 0 spiro atoms. The lowest BCUT2D eigenvalue weighted by Crippen LogP contribution is -2.52. The monoisotopic (exact) mass is 135 g/mol. The van der Waals surface area contributed by atoms with Crippen LogP contribution < -0.4 is 5.32 Å². The molecule has 0 aromatic heterocycles. The molecule has 0 radical (unpaired) electrons. The van der Waals surface area contributed by atoms with Crippen LogP contribution in [0.15, 0.2) is 0 Å². The van der Waals surface area contributed by atoms with E-state index in [2.05, 4.69) is 5.32 Å². The van der Waals surface area contributed by atoms with Crippen LogP contribution in [0.3, 0.4) is 0 Å². The zero-order valence-electron chi connectivity index (χ0n) is 4.30.